The number of benzene rings is 2. The zero-order valence-corrected chi connectivity index (χ0v) is 12.8. The summed E-state index contributed by atoms with van der Waals surface area (Å²) < 4.78 is 26.7. The van der Waals surface area contributed by atoms with Crippen LogP contribution in [0.4, 0.5) is 0 Å². The molecule has 3 aromatic rings. The molecule has 0 amide bonds. The van der Waals surface area contributed by atoms with E-state index in [1.807, 2.05) is 0 Å². The molecule has 5 nitrogen and oxygen atoms in total. The highest BCUT2D eigenvalue weighted by Gasteiger charge is 2.18. The number of rotatable bonds is 4. The van der Waals surface area contributed by atoms with E-state index in [2.05, 4.69) is 0 Å². The van der Waals surface area contributed by atoms with Crippen LogP contribution in [0.5, 0.6) is 0 Å². The number of hydrogen-bond acceptors (Lipinski definition) is 3. The Balaban J connectivity index is 2.18. The van der Waals surface area contributed by atoms with Crippen molar-refractivity contribution in [3.8, 4) is 0 Å². The topological polar surface area (TPSA) is 76.4 Å². The van der Waals surface area contributed by atoms with Crippen molar-refractivity contribution in [1.29, 1.82) is 0 Å². The Morgan fingerprint density at radius 1 is 1.00 bits per heavy atom. The van der Waals surface area contributed by atoms with Gasteiger partial charge in [-0.15, -0.1) is 0 Å². The molecule has 0 bridgehead atoms. The Hall–Kier alpha value is -2.86. The summed E-state index contributed by atoms with van der Waals surface area (Å²) >= 11 is 0. The van der Waals surface area contributed by atoms with E-state index in [0.717, 1.165) is 6.08 Å². The SMILES string of the molecule is O=C(O)/C=C/c1cccc2c1ccn2S(=O)(=O)c1ccccc1. The molecule has 0 spiro atoms. The van der Waals surface area contributed by atoms with Gasteiger partial charge in [0, 0.05) is 17.7 Å². The third-order valence-electron chi connectivity index (χ3n) is 3.44. The van der Waals surface area contributed by atoms with E-state index in [9.17, 15) is 13.2 Å². The average Bonchev–Trinajstić information content (AvgIpc) is 2.99. The fourth-order valence-corrected chi connectivity index (χ4v) is 3.76. The number of carbonyl (C=O) groups is 1. The molecular formula is C17H13NO4S. The highest BCUT2D eigenvalue weighted by atomic mass is 32.2. The molecule has 0 saturated carbocycles. The van der Waals surface area contributed by atoms with Gasteiger partial charge in [-0.25, -0.2) is 17.2 Å². The molecule has 0 saturated heterocycles. The lowest BCUT2D eigenvalue weighted by molar-refractivity contribution is -0.131. The maximum absolute atomic E-state index is 12.7. The van der Waals surface area contributed by atoms with Crippen LogP contribution < -0.4 is 0 Å². The Bertz CT molecular complexity index is 1000. The van der Waals surface area contributed by atoms with Crippen molar-refractivity contribution < 1.29 is 18.3 Å². The normalized spacial score (nSPS) is 12.0. The van der Waals surface area contributed by atoms with Gasteiger partial charge in [0.25, 0.3) is 10.0 Å². The second-order valence-electron chi connectivity index (χ2n) is 4.88. The average molecular weight is 327 g/mol. The lowest BCUT2D eigenvalue weighted by Gasteiger charge is -2.07. The summed E-state index contributed by atoms with van der Waals surface area (Å²) in [6.07, 6.45) is 3.95. The molecule has 23 heavy (non-hydrogen) atoms. The van der Waals surface area contributed by atoms with Gasteiger partial charge < -0.3 is 5.11 Å². The van der Waals surface area contributed by atoms with Crippen molar-refractivity contribution in [3.05, 3.63) is 72.4 Å². The van der Waals surface area contributed by atoms with Crippen molar-refractivity contribution in [2.24, 2.45) is 0 Å². The summed E-state index contributed by atoms with van der Waals surface area (Å²) in [5, 5.41) is 9.41. The van der Waals surface area contributed by atoms with Crippen LogP contribution in [0.1, 0.15) is 5.56 Å². The van der Waals surface area contributed by atoms with Crippen LogP contribution in [0, 0.1) is 0 Å². The number of hydrogen-bond donors (Lipinski definition) is 1. The van der Waals surface area contributed by atoms with E-state index in [1.54, 1.807) is 42.5 Å². The molecule has 0 fully saturated rings. The van der Waals surface area contributed by atoms with Gasteiger partial charge in [-0.05, 0) is 35.9 Å². The number of fused-ring (bicyclic) bond motifs is 1. The molecule has 6 heteroatoms. The minimum absolute atomic E-state index is 0.198. The van der Waals surface area contributed by atoms with Gasteiger partial charge in [0.15, 0.2) is 0 Å². The quantitative estimate of drug-likeness (QED) is 0.747. The molecule has 3 rings (SSSR count). The Labute approximate surface area is 133 Å². The van der Waals surface area contributed by atoms with Gasteiger partial charge in [0.2, 0.25) is 0 Å². The molecule has 0 unspecified atom stereocenters. The summed E-state index contributed by atoms with van der Waals surface area (Å²) in [5.74, 6) is -1.06. The van der Waals surface area contributed by atoms with Gasteiger partial charge in [-0.3, -0.25) is 0 Å². The van der Waals surface area contributed by atoms with Crippen LogP contribution in [0.25, 0.3) is 17.0 Å². The van der Waals surface area contributed by atoms with E-state index in [4.69, 9.17) is 5.11 Å². The fourth-order valence-electron chi connectivity index (χ4n) is 2.39. The fraction of sp³-hybridized carbons (Fsp3) is 0. The Kier molecular flexibility index (Phi) is 3.75. The second kappa shape index (κ2) is 5.73. The maximum Gasteiger partial charge on any atom is 0.328 e. The lowest BCUT2D eigenvalue weighted by atomic mass is 10.1. The maximum atomic E-state index is 12.7. The zero-order valence-electron chi connectivity index (χ0n) is 12.0. The van der Waals surface area contributed by atoms with Crippen LogP contribution in [0.3, 0.4) is 0 Å². The largest absolute Gasteiger partial charge is 0.478 e. The third-order valence-corrected chi connectivity index (χ3v) is 5.14. The van der Waals surface area contributed by atoms with Gasteiger partial charge in [0.05, 0.1) is 10.4 Å². The van der Waals surface area contributed by atoms with E-state index in [1.165, 1.54) is 28.4 Å². The van der Waals surface area contributed by atoms with Crippen LogP contribution >= 0.6 is 0 Å². The van der Waals surface area contributed by atoms with Crippen LogP contribution in [0.15, 0.2) is 71.8 Å². The van der Waals surface area contributed by atoms with Crippen molar-refractivity contribution in [2.45, 2.75) is 4.90 Å². The predicted octanol–water partition coefficient (Wildman–Crippen LogP) is 2.98. The summed E-state index contributed by atoms with van der Waals surface area (Å²) in [6.45, 7) is 0. The molecule has 116 valence electrons. The number of carboxylic acids is 1. The molecule has 0 atom stereocenters. The number of aromatic nitrogens is 1. The number of carboxylic acid groups (broad SMARTS) is 1. The smallest absolute Gasteiger partial charge is 0.328 e. The lowest BCUT2D eigenvalue weighted by Crippen LogP contribution is -2.11. The van der Waals surface area contributed by atoms with E-state index in [0.29, 0.717) is 16.5 Å². The molecule has 0 aliphatic carbocycles. The van der Waals surface area contributed by atoms with E-state index >= 15 is 0 Å². The Morgan fingerprint density at radius 3 is 2.43 bits per heavy atom. The first kappa shape index (κ1) is 15.1. The minimum Gasteiger partial charge on any atom is -0.478 e. The van der Waals surface area contributed by atoms with Crippen LogP contribution in [-0.2, 0) is 14.8 Å². The molecular weight excluding hydrogens is 314 g/mol. The van der Waals surface area contributed by atoms with Crippen molar-refractivity contribution in [2.75, 3.05) is 0 Å². The first-order valence-corrected chi connectivity index (χ1v) is 8.26. The van der Waals surface area contributed by atoms with Crippen molar-refractivity contribution in [1.82, 2.24) is 3.97 Å². The monoisotopic (exact) mass is 327 g/mol. The van der Waals surface area contributed by atoms with Crippen molar-refractivity contribution in [3.63, 3.8) is 0 Å². The second-order valence-corrected chi connectivity index (χ2v) is 6.70. The summed E-state index contributed by atoms with van der Waals surface area (Å²) in [6, 6.07) is 14.9. The number of nitrogens with zero attached hydrogens (tertiary/aromatic N) is 1. The molecule has 1 aromatic heterocycles. The first-order valence-electron chi connectivity index (χ1n) is 6.82. The molecule has 0 aliphatic rings. The third kappa shape index (κ3) is 2.76. The molecule has 1 N–H and O–H groups in total. The standard InChI is InChI=1S/C17H13NO4S/c19-17(20)10-9-13-5-4-8-16-15(13)11-12-18(16)23(21,22)14-6-2-1-3-7-14/h1-12H,(H,19,20)/b10-9+. The minimum atomic E-state index is -3.69. The summed E-state index contributed by atoms with van der Waals surface area (Å²) in [4.78, 5) is 10.9. The first-order chi connectivity index (χ1) is 11.0. The number of aliphatic carboxylic acids is 1. The van der Waals surface area contributed by atoms with Gasteiger partial charge >= 0.3 is 5.97 Å². The van der Waals surface area contributed by atoms with E-state index < -0.39 is 16.0 Å². The van der Waals surface area contributed by atoms with Gasteiger partial charge in [-0.2, -0.15) is 0 Å². The molecule has 2 aromatic carbocycles. The predicted molar refractivity (Wildman–Crippen MR) is 87.6 cm³/mol. The van der Waals surface area contributed by atoms with Gasteiger partial charge in [0.1, 0.15) is 0 Å². The molecule has 1 heterocycles. The molecule has 0 aliphatic heterocycles. The zero-order chi connectivity index (χ0) is 16.4. The summed E-state index contributed by atoms with van der Waals surface area (Å²) in [7, 11) is -3.69. The Morgan fingerprint density at radius 2 is 1.74 bits per heavy atom. The molecule has 0 radical (unpaired) electrons. The highest BCUT2D eigenvalue weighted by molar-refractivity contribution is 7.90. The van der Waals surface area contributed by atoms with Crippen molar-refractivity contribution >= 4 is 33.0 Å². The van der Waals surface area contributed by atoms with E-state index in [-0.39, 0.29) is 4.90 Å². The highest BCUT2D eigenvalue weighted by Crippen LogP contribution is 2.25. The summed E-state index contributed by atoms with van der Waals surface area (Å²) in [5.41, 5.74) is 1.15. The van der Waals surface area contributed by atoms with Gasteiger partial charge in [-0.1, -0.05) is 30.3 Å². The van der Waals surface area contributed by atoms with Crippen LogP contribution in [0.2, 0.25) is 0 Å². The van der Waals surface area contributed by atoms with Crippen LogP contribution in [-0.4, -0.2) is 23.5 Å².